The standard InChI is InChI=1S/C30H25ClN2O2/c1-35-29-17-25(24-13-6-10-20-8-2-4-12-23(20)24)27(31)16-26(29)30(34)33-19-22-11-7-15-32(22)18-21-9-3-5-14-28(21)33/h2-5,7-9,11-17H,6,10,18-19H2,1H3. The summed E-state index contributed by atoms with van der Waals surface area (Å²) in [7, 11) is 1.61. The van der Waals surface area contributed by atoms with Gasteiger partial charge in [0.1, 0.15) is 5.75 Å². The van der Waals surface area contributed by atoms with Gasteiger partial charge in [-0.1, -0.05) is 60.1 Å². The lowest BCUT2D eigenvalue weighted by Gasteiger charge is -2.25. The van der Waals surface area contributed by atoms with Gasteiger partial charge in [-0.2, -0.15) is 0 Å². The van der Waals surface area contributed by atoms with Gasteiger partial charge in [0, 0.05) is 34.7 Å². The summed E-state index contributed by atoms with van der Waals surface area (Å²) in [5.41, 5.74) is 8.02. The average Bonchev–Trinajstić information content (AvgIpc) is 3.26. The van der Waals surface area contributed by atoms with E-state index in [-0.39, 0.29) is 5.91 Å². The second kappa shape index (κ2) is 8.79. The zero-order chi connectivity index (χ0) is 23.9. The number of aromatic nitrogens is 1. The zero-order valence-corrected chi connectivity index (χ0v) is 20.3. The molecule has 0 radical (unpaired) electrons. The Balaban J connectivity index is 1.44. The van der Waals surface area contributed by atoms with Crippen LogP contribution < -0.4 is 9.64 Å². The second-order valence-electron chi connectivity index (χ2n) is 8.99. The van der Waals surface area contributed by atoms with Crippen LogP contribution in [0, 0.1) is 0 Å². The van der Waals surface area contributed by atoms with Crippen molar-refractivity contribution >= 4 is 28.8 Å². The van der Waals surface area contributed by atoms with Crippen molar-refractivity contribution in [1.29, 1.82) is 0 Å². The van der Waals surface area contributed by atoms with Gasteiger partial charge in [0.25, 0.3) is 5.91 Å². The van der Waals surface area contributed by atoms with Crippen LogP contribution in [0.2, 0.25) is 5.02 Å². The number of hydrogen-bond acceptors (Lipinski definition) is 2. The minimum Gasteiger partial charge on any atom is -0.496 e. The Bertz CT molecular complexity index is 1480. The fourth-order valence-electron chi connectivity index (χ4n) is 5.25. The fourth-order valence-corrected chi connectivity index (χ4v) is 5.51. The number of methoxy groups -OCH3 is 1. The summed E-state index contributed by atoms with van der Waals surface area (Å²) < 4.78 is 7.95. The molecule has 1 aliphatic heterocycles. The molecule has 0 N–H and O–H groups in total. The molecule has 3 aromatic carbocycles. The van der Waals surface area contributed by atoms with Gasteiger partial charge in [-0.3, -0.25) is 4.79 Å². The highest BCUT2D eigenvalue weighted by molar-refractivity contribution is 6.33. The number of carbonyl (C=O) groups is 1. The third-order valence-corrected chi connectivity index (χ3v) is 7.30. The predicted octanol–water partition coefficient (Wildman–Crippen LogP) is 6.74. The summed E-state index contributed by atoms with van der Waals surface area (Å²) in [6.45, 7) is 1.20. The molecule has 0 atom stereocenters. The number of nitrogens with zero attached hydrogens (tertiary/aromatic N) is 2. The van der Waals surface area contributed by atoms with Crippen LogP contribution in [0.5, 0.6) is 5.75 Å². The molecule has 0 fully saturated rings. The highest BCUT2D eigenvalue weighted by Gasteiger charge is 2.28. The number of amides is 1. The summed E-state index contributed by atoms with van der Waals surface area (Å²) in [6.07, 6.45) is 6.25. The van der Waals surface area contributed by atoms with Crippen LogP contribution in [0.1, 0.15) is 44.7 Å². The van der Waals surface area contributed by atoms with Crippen LogP contribution in [0.4, 0.5) is 5.69 Å². The SMILES string of the molecule is COc1cc(C2=CCCc3ccccc32)c(Cl)cc1C(=O)N1Cc2cccn2Cc2ccccc21. The van der Waals surface area contributed by atoms with E-state index in [1.165, 1.54) is 11.1 Å². The molecule has 0 unspecified atom stereocenters. The molecule has 2 aliphatic rings. The predicted molar refractivity (Wildman–Crippen MR) is 140 cm³/mol. The first-order chi connectivity index (χ1) is 17.1. The van der Waals surface area contributed by atoms with Crippen LogP contribution in [-0.2, 0) is 19.5 Å². The van der Waals surface area contributed by atoms with E-state index >= 15 is 0 Å². The Hall–Kier alpha value is -3.76. The molecule has 1 aliphatic carbocycles. The number of para-hydroxylation sites is 1. The number of carbonyl (C=O) groups excluding carboxylic acids is 1. The molecule has 5 heteroatoms. The summed E-state index contributed by atoms with van der Waals surface area (Å²) >= 11 is 6.87. The van der Waals surface area contributed by atoms with E-state index in [0.717, 1.165) is 47.5 Å². The number of hydrogen-bond donors (Lipinski definition) is 0. The van der Waals surface area contributed by atoms with Crippen molar-refractivity contribution in [3.8, 4) is 5.75 Å². The third-order valence-electron chi connectivity index (χ3n) is 6.99. The maximum atomic E-state index is 14.0. The molecular formula is C30H25ClN2O2. The zero-order valence-electron chi connectivity index (χ0n) is 19.5. The number of benzene rings is 3. The third kappa shape index (κ3) is 3.75. The number of aryl methyl sites for hydroxylation is 1. The van der Waals surface area contributed by atoms with E-state index in [4.69, 9.17) is 16.3 Å². The molecule has 0 saturated carbocycles. The van der Waals surface area contributed by atoms with Crippen molar-refractivity contribution in [2.45, 2.75) is 25.9 Å². The maximum Gasteiger partial charge on any atom is 0.262 e. The topological polar surface area (TPSA) is 34.5 Å². The van der Waals surface area contributed by atoms with Gasteiger partial charge in [0.15, 0.2) is 0 Å². The molecular weight excluding hydrogens is 456 g/mol. The van der Waals surface area contributed by atoms with Gasteiger partial charge in [0.2, 0.25) is 0 Å². The van der Waals surface area contributed by atoms with E-state index in [0.29, 0.717) is 22.9 Å². The van der Waals surface area contributed by atoms with E-state index in [1.807, 2.05) is 41.3 Å². The molecule has 1 aromatic heterocycles. The lowest BCUT2D eigenvalue weighted by atomic mass is 9.86. The number of rotatable bonds is 3. The van der Waals surface area contributed by atoms with Gasteiger partial charge < -0.3 is 14.2 Å². The van der Waals surface area contributed by atoms with Crippen molar-refractivity contribution in [1.82, 2.24) is 4.57 Å². The molecule has 6 rings (SSSR count). The fraction of sp³-hybridized carbons (Fsp3) is 0.167. The highest BCUT2D eigenvalue weighted by Crippen LogP contribution is 2.39. The first kappa shape index (κ1) is 21.8. The molecule has 2 heterocycles. The largest absolute Gasteiger partial charge is 0.496 e. The van der Waals surface area contributed by atoms with Crippen molar-refractivity contribution in [2.24, 2.45) is 0 Å². The Morgan fingerprint density at radius 2 is 1.71 bits per heavy atom. The van der Waals surface area contributed by atoms with Crippen molar-refractivity contribution in [3.63, 3.8) is 0 Å². The molecule has 0 saturated heterocycles. The highest BCUT2D eigenvalue weighted by atomic mass is 35.5. The summed E-state index contributed by atoms with van der Waals surface area (Å²) in [4.78, 5) is 15.9. The van der Waals surface area contributed by atoms with Gasteiger partial charge in [-0.25, -0.2) is 0 Å². The van der Waals surface area contributed by atoms with Crippen LogP contribution in [0.3, 0.4) is 0 Å². The van der Waals surface area contributed by atoms with Gasteiger partial charge >= 0.3 is 0 Å². The first-order valence-corrected chi connectivity index (χ1v) is 12.2. The lowest BCUT2D eigenvalue weighted by Crippen LogP contribution is -2.31. The molecule has 0 bridgehead atoms. The smallest absolute Gasteiger partial charge is 0.262 e. The normalized spacial score (nSPS) is 14.3. The Kier molecular flexibility index (Phi) is 5.46. The van der Waals surface area contributed by atoms with Crippen molar-refractivity contribution in [3.05, 3.63) is 124 Å². The number of fused-ring (bicyclic) bond motifs is 3. The second-order valence-corrected chi connectivity index (χ2v) is 9.40. The Morgan fingerprint density at radius 3 is 2.57 bits per heavy atom. The van der Waals surface area contributed by atoms with Crippen molar-refractivity contribution in [2.75, 3.05) is 12.0 Å². The Morgan fingerprint density at radius 1 is 0.914 bits per heavy atom. The monoisotopic (exact) mass is 480 g/mol. The Labute approximate surface area is 210 Å². The van der Waals surface area contributed by atoms with Crippen LogP contribution >= 0.6 is 11.6 Å². The minimum atomic E-state index is -0.129. The van der Waals surface area contributed by atoms with E-state index < -0.39 is 0 Å². The van der Waals surface area contributed by atoms with E-state index in [2.05, 4.69) is 47.2 Å². The van der Waals surface area contributed by atoms with Gasteiger partial charge in [-0.15, -0.1) is 0 Å². The summed E-state index contributed by atoms with van der Waals surface area (Å²) in [6, 6.07) is 24.2. The first-order valence-electron chi connectivity index (χ1n) is 11.8. The van der Waals surface area contributed by atoms with Crippen LogP contribution in [0.25, 0.3) is 5.57 Å². The van der Waals surface area contributed by atoms with Crippen LogP contribution in [-0.4, -0.2) is 17.6 Å². The van der Waals surface area contributed by atoms with Gasteiger partial charge in [0.05, 0.1) is 19.2 Å². The van der Waals surface area contributed by atoms with Crippen LogP contribution in [0.15, 0.2) is 85.1 Å². The maximum absolute atomic E-state index is 14.0. The summed E-state index contributed by atoms with van der Waals surface area (Å²) in [5.74, 6) is 0.394. The minimum absolute atomic E-state index is 0.129. The molecule has 1 amide bonds. The quantitative estimate of drug-likeness (QED) is 0.325. The molecule has 174 valence electrons. The number of ether oxygens (including phenoxy) is 1. The average molecular weight is 481 g/mol. The molecule has 0 spiro atoms. The number of anilines is 1. The van der Waals surface area contributed by atoms with Gasteiger partial charge in [-0.05, 0) is 65.4 Å². The summed E-state index contributed by atoms with van der Waals surface area (Å²) in [5, 5.41) is 0.545. The number of halogens is 1. The lowest BCUT2D eigenvalue weighted by molar-refractivity contribution is 0.0982. The molecule has 4 aromatic rings. The molecule has 4 nitrogen and oxygen atoms in total. The van der Waals surface area contributed by atoms with E-state index in [1.54, 1.807) is 13.2 Å². The number of allylic oxidation sites excluding steroid dienone is 1. The molecule has 35 heavy (non-hydrogen) atoms. The van der Waals surface area contributed by atoms with Crippen molar-refractivity contribution < 1.29 is 9.53 Å². The van der Waals surface area contributed by atoms with E-state index in [9.17, 15) is 4.79 Å².